The molecule has 2 aromatic heterocycles. The monoisotopic (exact) mass is 287 g/mol. The number of ether oxygens (including phenoxy) is 1. The maximum atomic E-state index is 5.19. The molecule has 0 radical (unpaired) electrons. The first kappa shape index (κ1) is 14.2. The first-order chi connectivity index (χ1) is 10.4. The predicted octanol–water partition coefficient (Wildman–Crippen LogP) is 1.69. The topological polar surface area (TPSA) is 66.9 Å². The summed E-state index contributed by atoms with van der Waals surface area (Å²) in [5.41, 5.74) is 2.93. The molecule has 1 saturated heterocycles. The van der Waals surface area contributed by atoms with Gasteiger partial charge in [-0.25, -0.2) is 0 Å². The SMILES string of the molecule is COCCN1CCC[C@@H](c2nccnc2-c2ccn[nH]2)C1. The van der Waals surface area contributed by atoms with E-state index >= 15 is 0 Å². The molecule has 0 spiro atoms. The lowest BCUT2D eigenvalue weighted by molar-refractivity contribution is 0.127. The summed E-state index contributed by atoms with van der Waals surface area (Å²) in [4.78, 5) is 11.6. The van der Waals surface area contributed by atoms with Crippen LogP contribution in [-0.4, -0.2) is 58.4 Å². The summed E-state index contributed by atoms with van der Waals surface area (Å²) in [5, 5.41) is 7.01. The van der Waals surface area contributed by atoms with Crippen LogP contribution in [0.3, 0.4) is 0 Å². The van der Waals surface area contributed by atoms with Crippen molar-refractivity contribution in [2.75, 3.05) is 33.4 Å². The molecule has 0 bridgehead atoms. The Kier molecular flexibility index (Phi) is 4.57. The number of H-pyrrole nitrogens is 1. The third-order valence-corrected chi connectivity index (χ3v) is 3.99. The number of hydrogen-bond acceptors (Lipinski definition) is 5. The van der Waals surface area contributed by atoms with Crippen LogP contribution in [-0.2, 0) is 4.74 Å². The number of likely N-dealkylation sites (tertiary alicyclic amines) is 1. The van der Waals surface area contributed by atoms with Crippen molar-refractivity contribution in [1.82, 2.24) is 25.1 Å². The normalized spacial score (nSPS) is 19.8. The van der Waals surface area contributed by atoms with E-state index in [4.69, 9.17) is 4.74 Å². The predicted molar refractivity (Wildman–Crippen MR) is 79.9 cm³/mol. The number of hydrogen-bond donors (Lipinski definition) is 1. The number of piperidine rings is 1. The molecule has 0 amide bonds. The second kappa shape index (κ2) is 6.78. The van der Waals surface area contributed by atoms with Crippen LogP contribution in [0.15, 0.2) is 24.7 Å². The summed E-state index contributed by atoms with van der Waals surface area (Å²) in [6, 6.07) is 1.94. The van der Waals surface area contributed by atoms with Crippen molar-refractivity contribution in [3.63, 3.8) is 0 Å². The Morgan fingerprint density at radius 1 is 1.33 bits per heavy atom. The van der Waals surface area contributed by atoms with Crippen molar-refractivity contribution in [3.05, 3.63) is 30.4 Å². The third-order valence-electron chi connectivity index (χ3n) is 3.99. The van der Waals surface area contributed by atoms with Gasteiger partial charge in [0, 0.05) is 44.7 Å². The van der Waals surface area contributed by atoms with Crippen molar-refractivity contribution in [2.24, 2.45) is 0 Å². The summed E-state index contributed by atoms with van der Waals surface area (Å²) in [7, 11) is 1.75. The molecule has 21 heavy (non-hydrogen) atoms. The fraction of sp³-hybridized carbons (Fsp3) is 0.533. The molecule has 0 aliphatic carbocycles. The van der Waals surface area contributed by atoms with Crippen LogP contribution < -0.4 is 0 Å². The Morgan fingerprint density at radius 2 is 2.24 bits per heavy atom. The minimum absolute atomic E-state index is 0.419. The quantitative estimate of drug-likeness (QED) is 0.906. The largest absolute Gasteiger partial charge is 0.383 e. The Labute approximate surface area is 124 Å². The minimum Gasteiger partial charge on any atom is -0.383 e. The molecule has 1 aliphatic heterocycles. The highest BCUT2D eigenvalue weighted by atomic mass is 16.5. The number of aromatic nitrogens is 4. The summed E-state index contributed by atoms with van der Waals surface area (Å²) in [5.74, 6) is 0.419. The maximum absolute atomic E-state index is 5.19. The van der Waals surface area contributed by atoms with Gasteiger partial charge in [-0.05, 0) is 25.5 Å². The van der Waals surface area contributed by atoms with Crippen LogP contribution in [0.5, 0.6) is 0 Å². The second-order valence-electron chi connectivity index (χ2n) is 5.39. The van der Waals surface area contributed by atoms with Crippen molar-refractivity contribution >= 4 is 0 Å². The fourth-order valence-corrected chi connectivity index (χ4v) is 2.95. The number of rotatable bonds is 5. The van der Waals surface area contributed by atoms with Gasteiger partial charge >= 0.3 is 0 Å². The summed E-state index contributed by atoms with van der Waals surface area (Å²) in [6.07, 6.45) is 7.62. The standard InChI is InChI=1S/C15H21N5O/c1-21-10-9-20-8-2-3-12(11-20)14-15(17-7-6-16-14)13-4-5-18-19-13/h4-7,12H,2-3,8-11H2,1H3,(H,18,19)/t12-/m1/s1. The average Bonchev–Trinajstić information content (AvgIpc) is 3.07. The van der Waals surface area contributed by atoms with Gasteiger partial charge < -0.3 is 9.64 Å². The zero-order valence-corrected chi connectivity index (χ0v) is 12.3. The van der Waals surface area contributed by atoms with E-state index in [1.54, 1.807) is 25.7 Å². The molecular weight excluding hydrogens is 266 g/mol. The maximum Gasteiger partial charge on any atom is 0.110 e. The molecule has 1 aliphatic rings. The molecule has 112 valence electrons. The van der Waals surface area contributed by atoms with Crippen LogP contribution in [0.4, 0.5) is 0 Å². The number of nitrogens with zero attached hydrogens (tertiary/aromatic N) is 4. The summed E-state index contributed by atoms with van der Waals surface area (Å²) < 4.78 is 5.19. The van der Waals surface area contributed by atoms with E-state index in [2.05, 4.69) is 25.1 Å². The average molecular weight is 287 g/mol. The highest BCUT2D eigenvalue weighted by Crippen LogP contribution is 2.30. The molecule has 2 aromatic rings. The van der Waals surface area contributed by atoms with Gasteiger partial charge in [-0.3, -0.25) is 15.1 Å². The van der Waals surface area contributed by atoms with Gasteiger partial charge in [-0.2, -0.15) is 5.10 Å². The first-order valence-electron chi connectivity index (χ1n) is 7.40. The zero-order valence-electron chi connectivity index (χ0n) is 12.3. The van der Waals surface area contributed by atoms with Gasteiger partial charge in [0.2, 0.25) is 0 Å². The van der Waals surface area contributed by atoms with E-state index in [1.165, 1.54) is 6.42 Å². The molecule has 0 saturated carbocycles. The number of nitrogens with one attached hydrogen (secondary N) is 1. The summed E-state index contributed by atoms with van der Waals surface area (Å²) in [6.45, 7) is 3.91. The van der Waals surface area contributed by atoms with Crippen molar-refractivity contribution in [3.8, 4) is 11.4 Å². The Hall–Kier alpha value is -1.79. The van der Waals surface area contributed by atoms with Gasteiger partial charge in [-0.1, -0.05) is 0 Å². The fourth-order valence-electron chi connectivity index (χ4n) is 2.95. The second-order valence-corrected chi connectivity index (χ2v) is 5.39. The van der Waals surface area contributed by atoms with E-state index in [9.17, 15) is 0 Å². The van der Waals surface area contributed by atoms with Gasteiger partial charge in [-0.15, -0.1) is 0 Å². The van der Waals surface area contributed by atoms with Crippen LogP contribution in [0.25, 0.3) is 11.4 Å². The molecule has 0 unspecified atom stereocenters. The van der Waals surface area contributed by atoms with Crippen molar-refractivity contribution < 1.29 is 4.74 Å². The molecule has 1 N–H and O–H groups in total. The molecule has 0 aromatic carbocycles. The Bertz CT molecular complexity index is 557. The van der Waals surface area contributed by atoms with Crippen molar-refractivity contribution in [1.29, 1.82) is 0 Å². The summed E-state index contributed by atoms with van der Waals surface area (Å²) >= 11 is 0. The number of aromatic amines is 1. The van der Waals surface area contributed by atoms with Crippen LogP contribution in [0, 0.1) is 0 Å². The Morgan fingerprint density at radius 3 is 3.05 bits per heavy atom. The first-order valence-corrected chi connectivity index (χ1v) is 7.40. The van der Waals surface area contributed by atoms with Gasteiger partial charge in [0.25, 0.3) is 0 Å². The van der Waals surface area contributed by atoms with E-state index in [0.29, 0.717) is 5.92 Å². The van der Waals surface area contributed by atoms with E-state index < -0.39 is 0 Å². The number of methoxy groups -OCH3 is 1. The highest BCUT2D eigenvalue weighted by Gasteiger charge is 2.25. The Balaban J connectivity index is 1.80. The van der Waals surface area contributed by atoms with E-state index in [-0.39, 0.29) is 0 Å². The molecular formula is C15H21N5O. The van der Waals surface area contributed by atoms with Crippen molar-refractivity contribution in [2.45, 2.75) is 18.8 Å². The lowest BCUT2D eigenvalue weighted by Gasteiger charge is -2.32. The molecule has 3 rings (SSSR count). The van der Waals surface area contributed by atoms with Gasteiger partial charge in [0.05, 0.1) is 18.0 Å². The molecule has 6 nitrogen and oxygen atoms in total. The van der Waals surface area contributed by atoms with Crippen LogP contribution in [0.1, 0.15) is 24.5 Å². The molecule has 3 heterocycles. The van der Waals surface area contributed by atoms with Crippen LogP contribution >= 0.6 is 0 Å². The van der Waals surface area contributed by atoms with E-state index in [0.717, 1.165) is 49.7 Å². The molecule has 1 atom stereocenters. The van der Waals surface area contributed by atoms with Gasteiger partial charge in [0.15, 0.2) is 0 Å². The third kappa shape index (κ3) is 3.28. The zero-order chi connectivity index (χ0) is 14.5. The molecule has 6 heteroatoms. The smallest absolute Gasteiger partial charge is 0.110 e. The van der Waals surface area contributed by atoms with E-state index in [1.807, 2.05) is 6.07 Å². The van der Waals surface area contributed by atoms with Crippen LogP contribution in [0.2, 0.25) is 0 Å². The molecule has 1 fully saturated rings. The highest BCUT2D eigenvalue weighted by molar-refractivity contribution is 5.56. The van der Waals surface area contributed by atoms with Gasteiger partial charge in [0.1, 0.15) is 5.69 Å². The minimum atomic E-state index is 0.419. The lowest BCUT2D eigenvalue weighted by atomic mass is 9.92. The lowest BCUT2D eigenvalue weighted by Crippen LogP contribution is -2.37.